The van der Waals surface area contributed by atoms with E-state index in [1.54, 1.807) is 27.1 Å². The first kappa shape index (κ1) is 16.8. The van der Waals surface area contributed by atoms with Crippen molar-refractivity contribution in [3.05, 3.63) is 28.8 Å². The van der Waals surface area contributed by atoms with Gasteiger partial charge in [0.15, 0.2) is 10.9 Å². The molecule has 2 aromatic heterocycles. The monoisotopic (exact) mass is 348 g/mol. The van der Waals surface area contributed by atoms with Crippen molar-refractivity contribution >= 4 is 23.5 Å². The Morgan fingerprint density at radius 3 is 2.83 bits per heavy atom. The van der Waals surface area contributed by atoms with Gasteiger partial charge in [-0.1, -0.05) is 11.8 Å². The van der Waals surface area contributed by atoms with Gasteiger partial charge in [0.25, 0.3) is 0 Å². The maximum atomic E-state index is 12.6. The van der Waals surface area contributed by atoms with Gasteiger partial charge < -0.3 is 14.3 Å². The number of hydrogen-bond acceptors (Lipinski definition) is 6. The van der Waals surface area contributed by atoms with Crippen molar-refractivity contribution in [1.82, 2.24) is 19.7 Å². The average Bonchev–Trinajstić information content (AvgIpc) is 3.20. The highest BCUT2D eigenvalue weighted by Crippen LogP contribution is 2.37. The van der Waals surface area contributed by atoms with Gasteiger partial charge in [0.05, 0.1) is 12.4 Å². The highest BCUT2D eigenvalue weighted by Gasteiger charge is 2.27. The molecule has 7 nitrogen and oxygen atoms in total. The molecule has 0 aliphatic heterocycles. The van der Waals surface area contributed by atoms with Crippen LogP contribution in [-0.2, 0) is 4.74 Å². The average molecular weight is 348 g/mol. The molecule has 0 spiro atoms. The highest BCUT2D eigenvalue weighted by atomic mass is 32.2. The van der Waals surface area contributed by atoms with Crippen LogP contribution in [0.1, 0.15) is 57.9 Å². The van der Waals surface area contributed by atoms with E-state index >= 15 is 0 Å². The summed E-state index contributed by atoms with van der Waals surface area (Å²) in [6, 6.07) is 0.476. The molecular weight excluding hydrogens is 328 g/mol. The molecule has 0 bridgehead atoms. The Bertz CT molecular complexity index is 776. The third-order valence-electron chi connectivity index (χ3n) is 4.01. The van der Waals surface area contributed by atoms with Crippen molar-refractivity contribution in [3.8, 4) is 0 Å². The van der Waals surface area contributed by atoms with Crippen LogP contribution in [0.5, 0.6) is 0 Å². The standard InChI is InChI=1S/C16H20N4O3S/c1-4-23-15(22)14-9(2)13(10(3)18-14)12(21)7-24-16-19-17-8-20(16)11-5-6-11/h8,11,18H,4-7H2,1-3H3. The van der Waals surface area contributed by atoms with E-state index < -0.39 is 5.97 Å². The van der Waals surface area contributed by atoms with Gasteiger partial charge in [0.2, 0.25) is 0 Å². The van der Waals surface area contributed by atoms with Gasteiger partial charge in [-0.3, -0.25) is 4.79 Å². The summed E-state index contributed by atoms with van der Waals surface area (Å²) in [6.45, 7) is 5.61. The van der Waals surface area contributed by atoms with E-state index in [0.717, 1.165) is 18.0 Å². The molecule has 24 heavy (non-hydrogen) atoms. The Morgan fingerprint density at radius 2 is 2.17 bits per heavy atom. The number of hydrogen-bond donors (Lipinski definition) is 1. The SMILES string of the molecule is CCOC(=O)c1[nH]c(C)c(C(=O)CSc2nncn2C2CC2)c1C. The number of ketones is 1. The second kappa shape index (κ2) is 6.80. The number of H-pyrrole nitrogens is 1. The Morgan fingerprint density at radius 1 is 1.42 bits per heavy atom. The van der Waals surface area contributed by atoms with Gasteiger partial charge in [-0.25, -0.2) is 4.79 Å². The molecule has 2 aromatic rings. The Balaban J connectivity index is 1.73. The van der Waals surface area contributed by atoms with Crippen LogP contribution in [0.2, 0.25) is 0 Å². The van der Waals surface area contributed by atoms with Crippen LogP contribution in [0.3, 0.4) is 0 Å². The Hall–Kier alpha value is -2.09. The zero-order valence-corrected chi connectivity index (χ0v) is 14.8. The van der Waals surface area contributed by atoms with Crippen LogP contribution in [-0.4, -0.2) is 43.9 Å². The number of thioether (sulfide) groups is 1. The zero-order chi connectivity index (χ0) is 17.3. The van der Waals surface area contributed by atoms with E-state index in [2.05, 4.69) is 15.2 Å². The highest BCUT2D eigenvalue weighted by molar-refractivity contribution is 7.99. The molecule has 1 saturated carbocycles. The predicted molar refractivity (Wildman–Crippen MR) is 89.6 cm³/mol. The van der Waals surface area contributed by atoms with Gasteiger partial charge in [-0.2, -0.15) is 0 Å². The molecule has 1 fully saturated rings. The Labute approximate surface area is 144 Å². The molecule has 128 valence electrons. The lowest BCUT2D eigenvalue weighted by molar-refractivity contribution is 0.0519. The molecule has 0 amide bonds. The van der Waals surface area contributed by atoms with Crippen molar-refractivity contribution in [2.24, 2.45) is 0 Å². The van der Waals surface area contributed by atoms with Crippen LogP contribution < -0.4 is 0 Å². The number of ether oxygens (including phenoxy) is 1. The summed E-state index contributed by atoms with van der Waals surface area (Å²) in [5, 5.41) is 8.78. The van der Waals surface area contributed by atoms with Crippen molar-refractivity contribution in [1.29, 1.82) is 0 Å². The molecule has 1 aliphatic carbocycles. The fourth-order valence-corrected chi connectivity index (χ4v) is 3.57. The van der Waals surface area contributed by atoms with Gasteiger partial charge in [-0.05, 0) is 39.2 Å². The maximum Gasteiger partial charge on any atom is 0.355 e. The molecule has 1 N–H and O–H groups in total. The van der Waals surface area contributed by atoms with E-state index in [9.17, 15) is 9.59 Å². The number of aryl methyl sites for hydroxylation is 1. The van der Waals surface area contributed by atoms with E-state index in [0.29, 0.717) is 35.2 Å². The van der Waals surface area contributed by atoms with Gasteiger partial charge >= 0.3 is 5.97 Å². The maximum absolute atomic E-state index is 12.6. The molecule has 0 saturated heterocycles. The molecule has 0 unspecified atom stereocenters. The number of carbonyl (C=O) groups is 2. The minimum absolute atomic E-state index is 0.0351. The quantitative estimate of drug-likeness (QED) is 0.470. The van der Waals surface area contributed by atoms with E-state index in [1.165, 1.54) is 11.8 Å². The topological polar surface area (TPSA) is 89.9 Å². The number of carbonyl (C=O) groups excluding carboxylic acids is 2. The van der Waals surface area contributed by atoms with Crippen molar-refractivity contribution in [3.63, 3.8) is 0 Å². The van der Waals surface area contributed by atoms with E-state index in [1.807, 2.05) is 4.57 Å². The summed E-state index contributed by atoms with van der Waals surface area (Å²) >= 11 is 1.38. The molecule has 1 aliphatic rings. The molecular formula is C16H20N4O3S. The first-order valence-electron chi connectivity index (χ1n) is 7.94. The summed E-state index contributed by atoms with van der Waals surface area (Å²) in [6.07, 6.45) is 3.99. The minimum Gasteiger partial charge on any atom is -0.461 e. The first-order chi connectivity index (χ1) is 11.5. The summed E-state index contributed by atoms with van der Waals surface area (Å²) < 4.78 is 7.04. The molecule has 0 radical (unpaired) electrons. The second-order valence-electron chi connectivity index (χ2n) is 5.81. The number of aromatic amines is 1. The predicted octanol–water partition coefficient (Wildman–Crippen LogP) is 2.71. The lowest BCUT2D eigenvalue weighted by Gasteiger charge is -2.05. The number of rotatable bonds is 7. The van der Waals surface area contributed by atoms with Crippen LogP contribution in [0, 0.1) is 13.8 Å². The molecule has 0 atom stereocenters. The second-order valence-corrected chi connectivity index (χ2v) is 6.75. The third kappa shape index (κ3) is 3.24. The fraction of sp³-hybridized carbons (Fsp3) is 0.500. The summed E-state index contributed by atoms with van der Waals surface area (Å²) in [5.74, 6) is -0.210. The number of nitrogens with one attached hydrogen (secondary N) is 1. The number of nitrogens with zero attached hydrogens (tertiary/aromatic N) is 3. The van der Waals surface area contributed by atoms with Gasteiger partial charge in [0.1, 0.15) is 12.0 Å². The van der Waals surface area contributed by atoms with E-state index in [4.69, 9.17) is 4.74 Å². The number of aromatic nitrogens is 4. The van der Waals surface area contributed by atoms with Crippen LogP contribution in [0.15, 0.2) is 11.5 Å². The van der Waals surface area contributed by atoms with Crippen molar-refractivity contribution < 1.29 is 14.3 Å². The molecule has 8 heteroatoms. The zero-order valence-electron chi connectivity index (χ0n) is 14.0. The van der Waals surface area contributed by atoms with Gasteiger partial charge in [-0.15, -0.1) is 10.2 Å². The van der Waals surface area contributed by atoms with E-state index in [-0.39, 0.29) is 11.5 Å². The summed E-state index contributed by atoms with van der Waals surface area (Å²) in [7, 11) is 0. The third-order valence-corrected chi connectivity index (χ3v) is 4.97. The lowest BCUT2D eigenvalue weighted by atomic mass is 10.1. The summed E-state index contributed by atoms with van der Waals surface area (Å²) in [4.78, 5) is 27.5. The largest absolute Gasteiger partial charge is 0.461 e. The first-order valence-corrected chi connectivity index (χ1v) is 8.93. The molecule has 2 heterocycles. The van der Waals surface area contributed by atoms with Gasteiger partial charge in [0, 0.05) is 17.3 Å². The van der Waals surface area contributed by atoms with Crippen molar-refractivity contribution in [2.75, 3.05) is 12.4 Å². The fourth-order valence-electron chi connectivity index (χ4n) is 2.72. The number of Topliss-reactive ketones (excluding diaryl/α,β-unsaturated/α-hetero) is 1. The van der Waals surface area contributed by atoms with Crippen molar-refractivity contribution in [2.45, 2.75) is 44.8 Å². The minimum atomic E-state index is -0.432. The lowest BCUT2D eigenvalue weighted by Crippen LogP contribution is -2.09. The Kier molecular flexibility index (Phi) is 4.75. The number of esters is 1. The van der Waals surface area contributed by atoms with Crippen LogP contribution in [0.4, 0.5) is 0 Å². The molecule has 0 aromatic carbocycles. The smallest absolute Gasteiger partial charge is 0.355 e. The van der Waals surface area contributed by atoms with Crippen LogP contribution in [0.25, 0.3) is 0 Å². The molecule has 3 rings (SSSR count). The normalized spacial score (nSPS) is 14.0. The summed E-state index contributed by atoms with van der Waals surface area (Å²) in [5.41, 5.74) is 2.23. The van der Waals surface area contributed by atoms with Crippen LogP contribution >= 0.6 is 11.8 Å².